The number of hydrogen-bond acceptors (Lipinski definition) is 8. The van der Waals surface area contributed by atoms with Crippen molar-refractivity contribution >= 4 is 54.1 Å². The van der Waals surface area contributed by atoms with E-state index in [-0.39, 0.29) is 0 Å². The van der Waals surface area contributed by atoms with E-state index in [1.165, 1.54) is 22.7 Å². The Hall–Kier alpha value is -3.41. The van der Waals surface area contributed by atoms with Gasteiger partial charge in [-0.2, -0.15) is 15.5 Å². The Bertz CT molecular complexity index is 1220. The molecule has 0 aliphatic carbocycles. The molecule has 0 N–H and O–H groups in total. The Morgan fingerprint density at radius 1 is 0.806 bits per heavy atom. The van der Waals surface area contributed by atoms with Gasteiger partial charge in [-0.15, -0.1) is 32.9 Å². The Morgan fingerprint density at radius 3 is 1.97 bits per heavy atom. The lowest BCUT2D eigenvalue weighted by Gasteiger charge is -2.04. The first kappa shape index (κ1) is 20.8. The van der Waals surface area contributed by atoms with Crippen molar-refractivity contribution in [3.05, 3.63) is 65.5 Å². The summed E-state index contributed by atoms with van der Waals surface area (Å²) in [6.45, 7) is 2.87. The maximum atomic E-state index is 8.95. The normalized spacial score (nSPS) is 11.5. The Labute approximate surface area is 188 Å². The molecule has 154 valence electrons. The number of rotatable bonds is 8. The van der Waals surface area contributed by atoms with Gasteiger partial charge in [0.05, 0.1) is 23.7 Å². The van der Waals surface area contributed by atoms with Crippen LogP contribution in [0.4, 0.5) is 22.1 Å². The lowest BCUT2D eigenvalue weighted by molar-refractivity contribution is 0.309. The van der Waals surface area contributed by atoms with Crippen LogP contribution >= 0.6 is 22.7 Å². The van der Waals surface area contributed by atoms with E-state index in [2.05, 4.69) is 33.4 Å². The van der Waals surface area contributed by atoms with Crippen molar-refractivity contribution in [3.63, 3.8) is 0 Å². The zero-order valence-electron chi connectivity index (χ0n) is 16.9. The molecule has 2 aromatic heterocycles. The number of thiophene rings is 2. The van der Waals surface area contributed by atoms with Crippen molar-refractivity contribution in [2.75, 3.05) is 6.61 Å². The first-order valence-electron chi connectivity index (χ1n) is 9.83. The number of nitriles is 1. The summed E-state index contributed by atoms with van der Waals surface area (Å²) in [5.41, 5.74) is 2.24. The van der Waals surface area contributed by atoms with E-state index in [1.54, 1.807) is 0 Å². The molecule has 0 saturated carbocycles. The molecule has 2 heterocycles. The number of nitrogens with zero attached hydrogens (tertiary/aromatic N) is 5. The molecule has 0 fully saturated rings. The summed E-state index contributed by atoms with van der Waals surface area (Å²) >= 11 is 2.99. The van der Waals surface area contributed by atoms with E-state index in [1.807, 2.05) is 60.7 Å². The van der Waals surface area contributed by atoms with Gasteiger partial charge in [-0.1, -0.05) is 13.3 Å². The molecule has 4 aromatic rings. The topological polar surface area (TPSA) is 82.5 Å². The fourth-order valence-corrected chi connectivity index (χ4v) is 4.69. The average Bonchev–Trinajstić information content (AvgIpc) is 3.36. The third-order valence-corrected chi connectivity index (χ3v) is 6.38. The highest BCUT2D eigenvalue weighted by molar-refractivity contribution is 7.29. The molecule has 0 amide bonds. The molecule has 0 saturated heterocycles. The minimum Gasteiger partial charge on any atom is -0.494 e. The lowest BCUT2D eigenvalue weighted by atomic mass is 10.3. The molecule has 31 heavy (non-hydrogen) atoms. The SMILES string of the molecule is CCCCOc1ccc(N=Nc2ccc(N=Nc3cc4sc(C#N)cc4s3)cc2)cc1. The van der Waals surface area contributed by atoms with Gasteiger partial charge in [-0.05, 0) is 67.1 Å². The molecule has 6 nitrogen and oxygen atoms in total. The van der Waals surface area contributed by atoms with Crippen LogP contribution in [0.5, 0.6) is 5.75 Å². The smallest absolute Gasteiger partial charge is 0.140 e. The van der Waals surface area contributed by atoms with Gasteiger partial charge >= 0.3 is 0 Å². The molecule has 0 bridgehead atoms. The molecule has 0 radical (unpaired) electrons. The van der Waals surface area contributed by atoms with Crippen LogP contribution in [-0.4, -0.2) is 6.61 Å². The van der Waals surface area contributed by atoms with Crippen LogP contribution in [0.25, 0.3) is 9.40 Å². The number of benzene rings is 2. The molecule has 0 unspecified atom stereocenters. The summed E-state index contributed by atoms with van der Waals surface area (Å²) in [6, 6.07) is 21.0. The van der Waals surface area contributed by atoms with E-state index in [9.17, 15) is 0 Å². The fraction of sp³-hybridized carbons (Fsp3) is 0.174. The van der Waals surface area contributed by atoms with Gasteiger partial charge in [0.15, 0.2) is 0 Å². The summed E-state index contributed by atoms with van der Waals surface area (Å²) < 4.78 is 7.78. The second-order valence-corrected chi connectivity index (χ2v) is 8.79. The third-order valence-electron chi connectivity index (χ3n) is 4.30. The zero-order valence-corrected chi connectivity index (χ0v) is 18.5. The first-order valence-corrected chi connectivity index (χ1v) is 11.5. The van der Waals surface area contributed by atoms with Gasteiger partial charge in [-0.25, -0.2) is 0 Å². The van der Waals surface area contributed by atoms with E-state index >= 15 is 0 Å². The monoisotopic (exact) mass is 445 g/mol. The Kier molecular flexibility index (Phi) is 6.77. The molecular formula is C23H19N5OS2. The van der Waals surface area contributed by atoms with Gasteiger partial charge in [0.25, 0.3) is 0 Å². The predicted octanol–water partition coefficient (Wildman–Crippen LogP) is 8.84. The van der Waals surface area contributed by atoms with E-state index < -0.39 is 0 Å². The van der Waals surface area contributed by atoms with Crippen molar-refractivity contribution < 1.29 is 4.74 Å². The Morgan fingerprint density at radius 2 is 1.39 bits per heavy atom. The minimum absolute atomic E-state index is 0.714. The van der Waals surface area contributed by atoms with E-state index in [4.69, 9.17) is 10.00 Å². The van der Waals surface area contributed by atoms with Crippen LogP contribution in [0, 0.1) is 11.3 Å². The minimum atomic E-state index is 0.714. The summed E-state index contributed by atoms with van der Waals surface area (Å²) in [4.78, 5) is 0.714. The maximum absolute atomic E-state index is 8.95. The largest absolute Gasteiger partial charge is 0.494 e. The van der Waals surface area contributed by atoms with Crippen molar-refractivity contribution in [2.45, 2.75) is 19.8 Å². The number of unbranched alkanes of at least 4 members (excludes halogenated alkanes) is 1. The van der Waals surface area contributed by atoms with Gasteiger partial charge in [0.1, 0.15) is 21.7 Å². The van der Waals surface area contributed by atoms with Crippen LogP contribution in [0.1, 0.15) is 24.6 Å². The summed E-state index contributed by atoms with van der Waals surface area (Å²) in [5, 5.41) is 26.9. The molecule has 2 aromatic carbocycles. The maximum Gasteiger partial charge on any atom is 0.140 e. The molecule has 0 spiro atoms. The summed E-state index contributed by atoms with van der Waals surface area (Å²) in [5.74, 6) is 0.846. The molecule has 4 rings (SSSR count). The summed E-state index contributed by atoms with van der Waals surface area (Å²) in [6.07, 6.45) is 2.16. The molecule has 0 aliphatic rings. The van der Waals surface area contributed by atoms with Crippen molar-refractivity contribution in [1.29, 1.82) is 5.26 Å². The van der Waals surface area contributed by atoms with Crippen molar-refractivity contribution in [2.24, 2.45) is 20.5 Å². The van der Waals surface area contributed by atoms with Crippen LogP contribution in [0.15, 0.2) is 81.1 Å². The van der Waals surface area contributed by atoms with Gasteiger partial charge in [-0.3, -0.25) is 0 Å². The fourth-order valence-electron chi connectivity index (χ4n) is 2.68. The predicted molar refractivity (Wildman–Crippen MR) is 126 cm³/mol. The van der Waals surface area contributed by atoms with Crippen LogP contribution in [0.2, 0.25) is 0 Å². The number of ether oxygens (including phenoxy) is 1. The van der Waals surface area contributed by atoms with Gasteiger partial charge in [0.2, 0.25) is 0 Å². The van der Waals surface area contributed by atoms with Crippen molar-refractivity contribution in [1.82, 2.24) is 0 Å². The van der Waals surface area contributed by atoms with Gasteiger partial charge in [0, 0.05) is 9.40 Å². The van der Waals surface area contributed by atoms with Gasteiger partial charge < -0.3 is 4.74 Å². The molecule has 0 atom stereocenters. The lowest BCUT2D eigenvalue weighted by Crippen LogP contribution is -1.95. The standard InChI is InChI=1S/C23H19N5OS2/c1-2-3-12-29-19-10-8-18(9-11-19)26-25-16-4-6-17(7-5-16)27-28-23-14-22-21(31-23)13-20(15-24)30-22/h4-11,13-14H,2-3,12H2,1H3. The number of azo groups is 2. The molecular weight excluding hydrogens is 426 g/mol. The second kappa shape index (κ2) is 10.1. The van der Waals surface area contributed by atoms with Crippen LogP contribution in [-0.2, 0) is 0 Å². The zero-order chi connectivity index (χ0) is 21.5. The van der Waals surface area contributed by atoms with Crippen LogP contribution in [0.3, 0.4) is 0 Å². The third kappa shape index (κ3) is 5.60. The van der Waals surface area contributed by atoms with Crippen molar-refractivity contribution in [3.8, 4) is 11.8 Å². The highest BCUT2D eigenvalue weighted by Gasteiger charge is 2.06. The van der Waals surface area contributed by atoms with Crippen LogP contribution < -0.4 is 4.74 Å². The average molecular weight is 446 g/mol. The van der Waals surface area contributed by atoms with E-state index in [0.717, 1.165) is 56.7 Å². The Balaban J connectivity index is 1.35. The summed E-state index contributed by atoms with van der Waals surface area (Å²) in [7, 11) is 0. The quantitative estimate of drug-likeness (QED) is 0.200. The number of fused-ring (bicyclic) bond motifs is 1. The highest BCUT2D eigenvalue weighted by atomic mass is 32.1. The molecule has 0 aliphatic heterocycles. The van der Waals surface area contributed by atoms with E-state index in [0.29, 0.717) is 4.88 Å². The second-order valence-electron chi connectivity index (χ2n) is 6.65. The first-order chi connectivity index (χ1) is 15.2. The molecule has 8 heteroatoms. The number of hydrogen-bond donors (Lipinski definition) is 0. The highest BCUT2D eigenvalue weighted by Crippen LogP contribution is 2.38.